The van der Waals surface area contributed by atoms with Crippen molar-refractivity contribution in [3.63, 3.8) is 0 Å². The van der Waals surface area contributed by atoms with Gasteiger partial charge in [-0.25, -0.2) is 4.39 Å². The molecule has 3 aromatic rings. The maximum Gasteiger partial charge on any atom is 0.406 e. The number of aromatic nitrogens is 1. The van der Waals surface area contributed by atoms with E-state index in [0.717, 1.165) is 54.8 Å². The normalized spacial score (nSPS) is 13.7. The molecule has 1 saturated carbocycles. The summed E-state index contributed by atoms with van der Waals surface area (Å²) in [6, 6.07) is 12.8. The summed E-state index contributed by atoms with van der Waals surface area (Å²) >= 11 is 1.51. The van der Waals surface area contributed by atoms with Crippen LogP contribution in [0.2, 0.25) is 0 Å². The molecule has 1 heterocycles. The molecule has 1 fully saturated rings. The number of nitrogens with zero attached hydrogens (tertiary/aromatic N) is 2. The minimum Gasteiger partial charge on any atom is -0.461 e. The number of halogens is 4. The minimum absolute atomic E-state index is 0.155. The number of benzene rings is 2. The Morgan fingerprint density at radius 3 is 2.47 bits per heavy atom. The quantitative estimate of drug-likeness (QED) is 0.130. The molecule has 43 heavy (non-hydrogen) atoms. The molecule has 2 aromatic carbocycles. The number of likely N-dealkylation sites (N-methyl/N-ethyl adjacent to an activating group) is 1. The van der Waals surface area contributed by atoms with E-state index in [2.05, 4.69) is 27.4 Å². The number of hydrogen-bond donors (Lipinski definition) is 2. The zero-order valence-electron chi connectivity index (χ0n) is 25.3. The fourth-order valence-corrected chi connectivity index (χ4v) is 5.26. The number of ether oxygens (including phenoxy) is 2. The van der Waals surface area contributed by atoms with Gasteiger partial charge in [0.1, 0.15) is 12.3 Å². The molecule has 1 aliphatic carbocycles. The van der Waals surface area contributed by atoms with Crippen LogP contribution in [0.3, 0.4) is 0 Å². The third kappa shape index (κ3) is 11.2. The summed E-state index contributed by atoms with van der Waals surface area (Å²) in [6.45, 7) is -0.0933. The van der Waals surface area contributed by atoms with Gasteiger partial charge in [0.2, 0.25) is 6.86 Å². The number of anilines is 2. The Morgan fingerprint density at radius 1 is 1.07 bits per heavy atom. The number of fused-ring (bicyclic) bond motifs is 1. The fourth-order valence-electron chi connectivity index (χ4n) is 4.83. The molecule has 6 nitrogen and oxygen atoms in total. The van der Waals surface area contributed by atoms with Crippen molar-refractivity contribution in [1.29, 1.82) is 0 Å². The Hall–Kier alpha value is -3.07. The maximum absolute atomic E-state index is 13.4. The van der Waals surface area contributed by atoms with Crippen LogP contribution in [0.25, 0.3) is 10.9 Å². The zero-order valence-corrected chi connectivity index (χ0v) is 26.1. The lowest BCUT2D eigenvalue weighted by Crippen LogP contribution is -2.22. The first-order chi connectivity index (χ1) is 20.6. The number of rotatable bonds is 11. The second-order valence-corrected chi connectivity index (χ2v) is 11.4. The summed E-state index contributed by atoms with van der Waals surface area (Å²) < 4.78 is 64.2. The molecule has 0 spiro atoms. The molecule has 0 unspecified atom stereocenters. The highest BCUT2D eigenvalue weighted by Gasteiger charge is 2.30. The first-order valence-electron chi connectivity index (χ1n) is 14.3. The second kappa shape index (κ2) is 17.3. The third-order valence-corrected chi connectivity index (χ3v) is 7.70. The van der Waals surface area contributed by atoms with Crippen LogP contribution in [0.4, 0.5) is 28.9 Å². The number of thioether (sulfide) groups is 1. The van der Waals surface area contributed by atoms with E-state index < -0.39 is 19.6 Å². The highest BCUT2D eigenvalue weighted by molar-refractivity contribution is 7.98. The Balaban J connectivity index is 0.000000646. The van der Waals surface area contributed by atoms with E-state index in [4.69, 9.17) is 9.47 Å². The van der Waals surface area contributed by atoms with Gasteiger partial charge < -0.3 is 29.6 Å². The van der Waals surface area contributed by atoms with Crippen LogP contribution in [0.1, 0.15) is 37.8 Å². The smallest absolute Gasteiger partial charge is 0.406 e. The van der Waals surface area contributed by atoms with Gasteiger partial charge in [-0.3, -0.25) is 0 Å². The van der Waals surface area contributed by atoms with Crippen LogP contribution < -0.4 is 15.4 Å². The molecule has 0 aliphatic heterocycles. The van der Waals surface area contributed by atoms with Crippen molar-refractivity contribution in [2.75, 3.05) is 64.7 Å². The number of nitrogens with one attached hydrogen (secondary N) is 2. The Labute approximate surface area is 256 Å². The summed E-state index contributed by atoms with van der Waals surface area (Å²) in [4.78, 5) is 3.01. The summed E-state index contributed by atoms with van der Waals surface area (Å²) in [5.74, 6) is 6.17. The van der Waals surface area contributed by atoms with Gasteiger partial charge >= 0.3 is 6.18 Å². The monoisotopic (exact) mass is 622 g/mol. The highest BCUT2D eigenvalue weighted by Crippen LogP contribution is 2.32. The summed E-state index contributed by atoms with van der Waals surface area (Å²) in [5, 5.41) is 7.34. The molecule has 0 radical (unpaired) electrons. The first kappa shape index (κ1) is 34.4. The molecule has 2 N–H and O–H groups in total. The SMILES string of the molecule is COCCN(C)C.CSc1ccc(NCC#Cc2cc3c(NC4CCCCC4)cccc3n2CC(F)(F)F)c(OCF)c1. The Morgan fingerprint density at radius 2 is 1.84 bits per heavy atom. The van der Waals surface area contributed by atoms with E-state index in [9.17, 15) is 17.6 Å². The topological polar surface area (TPSA) is 50.7 Å². The van der Waals surface area contributed by atoms with Crippen LogP contribution in [-0.2, 0) is 11.3 Å². The predicted octanol–water partition coefficient (Wildman–Crippen LogP) is 7.63. The van der Waals surface area contributed by atoms with Crippen molar-refractivity contribution < 1.29 is 27.0 Å². The molecule has 0 bridgehead atoms. The molecule has 1 aromatic heterocycles. The molecule has 0 atom stereocenters. The second-order valence-electron chi connectivity index (χ2n) is 10.5. The lowest BCUT2D eigenvalue weighted by Gasteiger charge is -2.24. The maximum atomic E-state index is 13.4. The van der Waals surface area contributed by atoms with E-state index in [1.54, 1.807) is 37.4 Å². The minimum atomic E-state index is -4.38. The Bertz CT molecular complexity index is 1340. The number of methoxy groups -OCH3 is 1. The van der Waals surface area contributed by atoms with Gasteiger partial charge in [0.25, 0.3) is 0 Å². The lowest BCUT2D eigenvalue weighted by atomic mass is 9.95. The highest BCUT2D eigenvalue weighted by atomic mass is 32.2. The van der Waals surface area contributed by atoms with Crippen LogP contribution in [0.15, 0.2) is 47.4 Å². The van der Waals surface area contributed by atoms with E-state index in [1.807, 2.05) is 32.5 Å². The molecule has 11 heteroatoms. The van der Waals surface area contributed by atoms with Crippen molar-refractivity contribution in [1.82, 2.24) is 9.47 Å². The van der Waals surface area contributed by atoms with Gasteiger partial charge in [-0.15, -0.1) is 11.8 Å². The van der Waals surface area contributed by atoms with E-state index >= 15 is 0 Å². The lowest BCUT2D eigenvalue weighted by molar-refractivity contribution is -0.140. The first-order valence-corrected chi connectivity index (χ1v) is 15.6. The van der Waals surface area contributed by atoms with E-state index in [0.29, 0.717) is 28.7 Å². The van der Waals surface area contributed by atoms with Crippen LogP contribution >= 0.6 is 11.8 Å². The van der Waals surface area contributed by atoms with E-state index in [1.165, 1.54) is 22.7 Å². The Kier molecular flexibility index (Phi) is 13.8. The fraction of sp³-hybridized carbons (Fsp3) is 0.500. The largest absolute Gasteiger partial charge is 0.461 e. The summed E-state index contributed by atoms with van der Waals surface area (Å²) in [7, 11) is 5.77. The predicted molar refractivity (Wildman–Crippen MR) is 169 cm³/mol. The molecule has 236 valence electrons. The number of alkyl halides is 4. The third-order valence-electron chi connectivity index (χ3n) is 6.97. The van der Waals surface area contributed by atoms with Gasteiger partial charge in [-0.05, 0) is 75.5 Å². The standard InChI is InChI=1S/C27H29F4N3OS.C5H13NO/c1-36-21-12-13-24(26(16-21)35-18-28)32-14-6-9-20-15-22-23(33-19-7-3-2-4-8-19)10-5-11-25(22)34(20)17-27(29,30)31;1-6(2)4-5-7-3/h5,10-13,15-16,19,32-33H,2-4,7-8,14,17-18H2,1H3;4-5H2,1-3H3. The van der Waals surface area contributed by atoms with Gasteiger partial charge in [0.15, 0.2) is 0 Å². The van der Waals surface area contributed by atoms with Crippen LogP contribution in [-0.4, -0.2) is 75.7 Å². The van der Waals surface area contributed by atoms with Gasteiger partial charge in [0, 0.05) is 35.7 Å². The van der Waals surface area contributed by atoms with Crippen molar-refractivity contribution in [2.24, 2.45) is 0 Å². The van der Waals surface area contributed by atoms with Gasteiger partial charge in [-0.2, -0.15) is 13.2 Å². The molecule has 0 saturated heterocycles. The van der Waals surface area contributed by atoms with Crippen molar-refractivity contribution in [3.05, 3.63) is 48.2 Å². The molecule has 0 amide bonds. The van der Waals surface area contributed by atoms with Crippen molar-refractivity contribution in [3.8, 4) is 17.6 Å². The van der Waals surface area contributed by atoms with Gasteiger partial charge in [0.05, 0.1) is 30.0 Å². The zero-order chi connectivity index (χ0) is 31.2. The molecular formula is C32H42F4N4O2S. The van der Waals surface area contributed by atoms with E-state index in [-0.39, 0.29) is 6.54 Å². The van der Waals surface area contributed by atoms with Crippen LogP contribution in [0, 0.1) is 11.8 Å². The number of hydrogen-bond acceptors (Lipinski definition) is 6. The average molecular weight is 623 g/mol. The molecule has 1 aliphatic rings. The summed E-state index contributed by atoms with van der Waals surface area (Å²) in [6.07, 6.45) is 3.18. The van der Waals surface area contributed by atoms with Crippen LogP contribution in [0.5, 0.6) is 5.75 Å². The molecular weight excluding hydrogens is 580 g/mol. The summed E-state index contributed by atoms with van der Waals surface area (Å²) in [5.41, 5.74) is 2.19. The molecule has 4 rings (SSSR count). The van der Waals surface area contributed by atoms with Crippen molar-refractivity contribution in [2.45, 2.75) is 55.8 Å². The van der Waals surface area contributed by atoms with Crippen molar-refractivity contribution >= 4 is 34.0 Å². The average Bonchev–Trinajstić information content (AvgIpc) is 3.32. The van der Waals surface area contributed by atoms with Gasteiger partial charge in [-0.1, -0.05) is 31.2 Å².